The Balaban J connectivity index is 3.18. The van der Waals surface area contributed by atoms with Gasteiger partial charge in [0.2, 0.25) is 0 Å². The quantitative estimate of drug-likeness (QED) is 0.685. The predicted octanol–water partition coefficient (Wildman–Crippen LogP) is 5.19. The SMILES string of the molecule is CCC(C)C(=C(Cl)Cl)c1cccc(C)c1. The van der Waals surface area contributed by atoms with E-state index in [0.29, 0.717) is 10.4 Å². The molecule has 0 aliphatic heterocycles. The van der Waals surface area contributed by atoms with E-state index in [0.717, 1.165) is 17.6 Å². The van der Waals surface area contributed by atoms with Gasteiger partial charge in [-0.25, -0.2) is 0 Å². The highest BCUT2D eigenvalue weighted by Gasteiger charge is 2.13. The van der Waals surface area contributed by atoms with Crippen LogP contribution in [0.2, 0.25) is 0 Å². The van der Waals surface area contributed by atoms with E-state index in [1.165, 1.54) is 5.56 Å². The highest BCUT2D eigenvalue weighted by Crippen LogP contribution is 2.32. The number of hydrogen-bond donors (Lipinski definition) is 0. The summed E-state index contributed by atoms with van der Waals surface area (Å²) in [7, 11) is 0. The second kappa shape index (κ2) is 5.58. The van der Waals surface area contributed by atoms with Gasteiger partial charge in [-0.05, 0) is 30.4 Å². The van der Waals surface area contributed by atoms with E-state index in [2.05, 4.69) is 39.0 Å². The molecule has 0 bridgehead atoms. The van der Waals surface area contributed by atoms with Crippen LogP contribution in [0.5, 0.6) is 0 Å². The second-order valence-electron chi connectivity index (χ2n) is 3.85. The van der Waals surface area contributed by atoms with Crippen molar-refractivity contribution in [3.63, 3.8) is 0 Å². The third-order valence-electron chi connectivity index (χ3n) is 2.64. The molecule has 1 atom stereocenters. The standard InChI is InChI=1S/C13H16Cl2/c1-4-10(3)12(13(14)15)11-7-5-6-9(2)8-11/h5-8,10H,4H2,1-3H3. The van der Waals surface area contributed by atoms with Gasteiger partial charge < -0.3 is 0 Å². The minimum absolute atomic E-state index is 0.384. The molecule has 1 aromatic rings. The first-order chi connectivity index (χ1) is 7.06. The zero-order chi connectivity index (χ0) is 11.4. The van der Waals surface area contributed by atoms with Crippen LogP contribution in [0.25, 0.3) is 5.57 Å². The summed E-state index contributed by atoms with van der Waals surface area (Å²) < 4.78 is 0.384. The average Bonchev–Trinajstić information content (AvgIpc) is 2.17. The Labute approximate surface area is 102 Å². The van der Waals surface area contributed by atoms with Gasteiger partial charge >= 0.3 is 0 Å². The summed E-state index contributed by atoms with van der Waals surface area (Å²) in [6.07, 6.45) is 1.03. The van der Waals surface area contributed by atoms with Gasteiger partial charge in [0, 0.05) is 0 Å². The molecule has 2 heteroatoms. The minimum atomic E-state index is 0.384. The van der Waals surface area contributed by atoms with Crippen LogP contribution in [0.15, 0.2) is 28.8 Å². The lowest BCUT2D eigenvalue weighted by Crippen LogP contribution is -1.98. The van der Waals surface area contributed by atoms with Crippen molar-refractivity contribution in [3.05, 3.63) is 39.9 Å². The van der Waals surface area contributed by atoms with Crippen LogP contribution in [-0.2, 0) is 0 Å². The zero-order valence-electron chi connectivity index (χ0n) is 9.35. The molecule has 0 nitrogen and oxygen atoms in total. The van der Waals surface area contributed by atoms with Crippen molar-refractivity contribution >= 4 is 28.8 Å². The first-order valence-corrected chi connectivity index (χ1v) is 5.94. The Kier molecular flexibility index (Phi) is 4.69. The topological polar surface area (TPSA) is 0 Å². The number of halogens is 2. The number of rotatable bonds is 3. The lowest BCUT2D eigenvalue weighted by Gasteiger charge is -2.15. The fourth-order valence-corrected chi connectivity index (χ4v) is 2.19. The maximum absolute atomic E-state index is 5.95. The summed E-state index contributed by atoms with van der Waals surface area (Å²) >= 11 is 11.9. The molecule has 0 saturated carbocycles. The lowest BCUT2D eigenvalue weighted by atomic mass is 9.92. The smallest absolute Gasteiger partial charge is 0.0706 e. The summed E-state index contributed by atoms with van der Waals surface area (Å²) in [5.41, 5.74) is 3.40. The number of allylic oxidation sites excluding steroid dienone is 1. The predicted molar refractivity (Wildman–Crippen MR) is 69.3 cm³/mol. The molecule has 0 aliphatic carbocycles. The number of benzene rings is 1. The van der Waals surface area contributed by atoms with Gasteiger partial charge in [0.25, 0.3) is 0 Å². The summed E-state index contributed by atoms with van der Waals surface area (Å²) in [4.78, 5) is 0. The van der Waals surface area contributed by atoms with Crippen molar-refractivity contribution in [2.75, 3.05) is 0 Å². The van der Waals surface area contributed by atoms with Crippen molar-refractivity contribution in [2.24, 2.45) is 5.92 Å². The third-order valence-corrected chi connectivity index (χ3v) is 3.05. The second-order valence-corrected chi connectivity index (χ2v) is 4.80. The van der Waals surface area contributed by atoms with Gasteiger partial charge in [-0.1, -0.05) is 66.9 Å². The van der Waals surface area contributed by atoms with Gasteiger partial charge in [0.15, 0.2) is 0 Å². The molecule has 1 unspecified atom stereocenters. The highest BCUT2D eigenvalue weighted by molar-refractivity contribution is 6.58. The fraction of sp³-hybridized carbons (Fsp3) is 0.385. The maximum atomic E-state index is 5.95. The van der Waals surface area contributed by atoms with E-state index in [4.69, 9.17) is 23.2 Å². The molecule has 0 aliphatic rings. The molecule has 1 aromatic carbocycles. The summed E-state index contributed by atoms with van der Waals surface area (Å²) in [5, 5.41) is 0. The summed E-state index contributed by atoms with van der Waals surface area (Å²) in [6.45, 7) is 6.35. The van der Waals surface area contributed by atoms with E-state index in [-0.39, 0.29) is 0 Å². The Morgan fingerprint density at radius 3 is 2.47 bits per heavy atom. The molecule has 0 saturated heterocycles. The molecule has 0 heterocycles. The fourth-order valence-electron chi connectivity index (χ4n) is 1.60. The summed E-state index contributed by atoms with van der Waals surface area (Å²) in [6, 6.07) is 8.27. The van der Waals surface area contributed by atoms with Crippen LogP contribution in [0.3, 0.4) is 0 Å². The van der Waals surface area contributed by atoms with E-state index >= 15 is 0 Å². The van der Waals surface area contributed by atoms with Crippen LogP contribution >= 0.6 is 23.2 Å². The van der Waals surface area contributed by atoms with Crippen molar-refractivity contribution in [2.45, 2.75) is 27.2 Å². The first kappa shape index (κ1) is 12.6. The molecule has 1 rings (SSSR count). The zero-order valence-corrected chi connectivity index (χ0v) is 10.9. The van der Waals surface area contributed by atoms with E-state index in [1.54, 1.807) is 0 Å². The van der Waals surface area contributed by atoms with Crippen LogP contribution in [0, 0.1) is 12.8 Å². The van der Waals surface area contributed by atoms with Gasteiger partial charge in [-0.3, -0.25) is 0 Å². The highest BCUT2D eigenvalue weighted by atomic mass is 35.5. The lowest BCUT2D eigenvalue weighted by molar-refractivity contribution is 0.717. The van der Waals surface area contributed by atoms with Crippen LogP contribution in [0.4, 0.5) is 0 Å². The maximum Gasteiger partial charge on any atom is 0.110 e. The van der Waals surface area contributed by atoms with E-state index in [1.807, 2.05) is 6.07 Å². The molecule has 82 valence electrons. The van der Waals surface area contributed by atoms with Gasteiger partial charge in [-0.2, -0.15) is 0 Å². The Morgan fingerprint density at radius 1 is 1.33 bits per heavy atom. The van der Waals surface area contributed by atoms with E-state index < -0.39 is 0 Å². The molecule has 0 fully saturated rings. The van der Waals surface area contributed by atoms with Gasteiger partial charge in [0.1, 0.15) is 4.49 Å². The van der Waals surface area contributed by atoms with Crippen molar-refractivity contribution in [1.82, 2.24) is 0 Å². The Hall–Kier alpha value is -0.460. The molecule has 0 amide bonds. The Bertz CT molecular complexity index is 363. The normalized spacial score (nSPS) is 12.3. The van der Waals surface area contributed by atoms with Crippen LogP contribution in [0.1, 0.15) is 31.4 Å². The average molecular weight is 243 g/mol. The van der Waals surface area contributed by atoms with Gasteiger partial charge in [0.05, 0.1) is 0 Å². The molecule has 0 radical (unpaired) electrons. The Morgan fingerprint density at radius 2 is 2.00 bits per heavy atom. The largest absolute Gasteiger partial charge is 0.110 e. The summed E-state index contributed by atoms with van der Waals surface area (Å²) in [5.74, 6) is 0.386. The molecular formula is C13H16Cl2. The van der Waals surface area contributed by atoms with Gasteiger partial charge in [-0.15, -0.1) is 0 Å². The first-order valence-electron chi connectivity index (χ1n) is 5.18. The van der Waals surface area contributed by atoms with Crippen molar-refractivity contribution in [1.29, 1.82) is 0 Å². The van der Waals surface area contributed by atoms with Crippen LogP contribution in [-0.4, -0.2) is 0 Å². The molecule has 15 heavy (non-hydrogen) atoms. The monoisotopic (exact) mass is 242 g/mol. The molecule has 0 aromatic heterocycles. The molecule has 0 N–H and O–H groups in total. The van der Waals surface area contributed by atoms with Crippen LogP contribution < -0.4 is 0 Å². The number of aryl methyl sites for hydroxylation is 1. The minimum Gasteiger partial charge on any atom is -0.0706 e. The van der Waals surface area contributed by atoms with E-state index in [9.17, 15) is 0 Å². The molecule has 0 spiro atoms. The third kappa shape index (κ3) is 3.25. The number of hydrogen-bond acceptors (Lipinski definition) is 0. The van der Waals surface area contributed by atoms with Crippen molar-refractivity contribution in [3.8, 4) is 0 Å². The molecular weight excluding hydrogens is 227 g/mol. The van der Waals surface area contributed by atoms with Crippen molar-refractivity contribution < 1.29 is 0 Å².